The topological polar surface area (TPSA) is 46.5 Å². The van der Waals surface area contributed by atoms with Crippen LogP contribution in [0.1, 0.15) is 47.0 Å². The lowest BCUT2D eigenvalue weighted by Crippen LogP contribution is -2.27. The van der Waals surface area contributed by atoms with Gasteiger partial charge in [-0.25, -0.2) is 0 Å². The molecule has 0 saturated heterocycles. The molecule has 0 unspecified atom stereocenters. The number of carbonyl (C=O) groups excluding carboxylic acids is 1. The third-order valence-corrected chi connectivity index (χ3v) is 1.57. The summed E-state index contributed by atoms with van der Waals surface area (Å²) >= 11 is 0. The minimum atomic E-state index is -0.772. The normalized spacial score (nSPS) is 13.9. The highest BCUT2D eigenvalue weighted by atomic mass is 16.5. The van der Waals surface area contributed by atoms with Crippen molar-refractivity contribution < 1.29 is 14.6 Å². The Kier molecular flexibility index (Phi) is 4.99. The molecule has 13 heavy (non-hydrogen) atoms. The van der Waals surface area contributed by atoms with Crippen LogP contribution in [-0.2, 0) is 9.53 Å². The molecular weight excluding hydrogens is 168 g/mol. The zero-order chi connectivity index (χ0) is 10.5. The summed E-state index contributed by atoms with van der Waals surface area (Å²) < 4.78 is 5.07. The number of rotatable bonds is 5. The minimum Gasteiger partial charge on any atom is -0.463 e. The van der Waals surface area contributed by atoms with Crippen LogP contribution in [0.5, 0.6) is 0 Å². The van der Waals surface area contributed by atoms with Crippen molar-refractivity contribution >= 4 is 5.97 Å². The fourth-order valence-electron chi connectivity index (χ4n) is 1.23. The maximum Gasteiger partial charge on any atom is 0.306 e. The molecule has 1 N–H and O–H groups in total. The van der Waals surface area contributed by atoms with Gasteiger partial charge in [0.05, 0.1) is 5.60 Å². The van der Waals surface area contributed by atoms with Crippen molar-refractivity contribution in [2.45, 2.75) is 58.7 Å². The third-order valence-electron chi connectivity index (χ3n) is 1.57. The van der Waals surface area contributed by atoms with Gasteiger partial charge >= 0.3 is 5.97 Å². The molecule has 0 aromatic rings. The van der Waals surface area contributed by atoms with E-state index in [1.807, 2.05) is 6.92 Å². The minimum absolute atomic E-state index is 0.181. The molecule has 0 radical (unpaired) electrons. The van der Waals surface area contributed by atoms with E-state index in [4.69, 9.17) is 4.74 Å². The summed E-state index contributed by atoms with van der Waals surface area (Å²) in [7, 11) is 0. The molecule has 0 aromatic heterocycles. The first-order chi connectivity index (χ1) is 5.85. The summed E-state index contributed by atoms with van der Waals surface area (Å²) in [6.07, 6.45) is 1.52. The predicted octanol–water partition coefficient (Wildman–Crippen LogP) is 1.88. The van der Waals surface area contributed by atoms with Crippen molar-refractivity contribution in [3.05, 3.63) is 0 Å². The summed E-state index contributed by atoms with van der Waals surface area (Å²) in [4.78, 5) is 11.0. The summed E-state index contributed by atoms with van der Waals surface area (Å²) in [6, 6.07) is 0. The number of aliphatic hydroxyl groups is 1. The van der Waals surface area contributed by atoms with Gasteiger partial charge < -0.3 is 9.84 Å². The Balaban J connectivity index is 3.74. The Hall–Kier alpha value is -0.570. The zero-order valence-electron chi connectivity index (χ0n) is 8.96. The molecule has 0 aliphatic carbocycles. The highest BCUT2D eigenvalue weighted by molar-refractivity contribution is 5.69. The molecule has 3 nitrogen and oxygen atoms in total. The first kappa shape index (κ1) is 12.4. The Morgan fingerprint density at radius 1 is 1.54 bits per heavy atom. The lowest BCUT2D eigenvalue weighted by atomic mass is 10.0. The molecule has 0 bridgehead atoms. The van der Waals surface area contributed by atoms with E-state index in [9.17, 15) is 9.90 Å². The van der Waals surface area contributed by atoms with E-state index in [2.05, 4.69) is 0 Å². The zero-order valence-corrected chi connectivity index (χ0v) is 8.96. The number of ether oxygens (including phenoxy) is 1. The fourth-order valence-corrected chi connectivity index (χ4v) is 1.23. The quantitative estimate of drug-likeness (QED) is 0.670. The van der Waals surface area contributed by atoms with E-state index < -0.39 is 5.60 Å². The van der Waals surface area contributed by atoms with Gasteiger partial charge in [-0.15, -0.1) is 0 Å². The Bertz CT molecular complexity index is 158. The maximum absolute atomic E-state index is 11.0. The standard InChI is InChI=1S/C10H20O3/c1-5-6-9(11)13-8(2)7-10(3,4)12/h8,12H,5-7H2,1-4H3/t8-/m1/s1. The van der Waals surface area contributed by atoms with Crippen molar-refractivity contribution in [1.29, 1.82) is 0 Å². The molecule has 0 heterocycles. The van der Waals surface area contributed by atoms with Gasteiger partial charge in [-0.3, -0.25) is 4.79 Å². The van der Waals surface area contributed by atoms with Crippen LogP contribution in [0.4, 0.5) is 0 Å². The SMILES string of the molecule is CCCC(=O)O[C@H](C)CC(C)(C)O. The van der Waals surface area contributed by atoms with Crippen LogP contribution in [-0.4, -0.2) is 22.8 Å². The first-order valence-corrected chi connectivity index (χ1v) is 4.77. The lowest BCUT2D eigenvalue weighted by Gasteiger charge is -2.22. The molecule has 0 aliphatic heterocycles. The van der Waals surface area contributed by atoms with Gasteiger partial charge in [-0.05, 0) is 27.2 Å². The van der Waals surface area contributed by atoms with Gasteiger partial charge in [0.1, 0.15) is 6.10 Å². The van der Waals surface area contributed by atoms with Crippen LogP contribution in [0, 0.1) is 0 Å². The van der Waals surface area contributed by atoms with Crippen molar-refractivity contribution in [1.82, 2.24) is 0 Å². The summed E-state index contributed by atoms with van der Waals surface area (Å²) in [5.74, 6) is -0.181. The number of hydrogen-bond acceptors (Lipinski definition) is 3. The largest absolute Gasteiger partial charge is 0.463 e. The van der Waals surface area contributed by atoms with Crippen LogP contribution in [0.3, 0.4) is 0 Å². The number of carbonyl (C=O) groups is 1. The van der Waals surface area contributed by atoms with Crippen molar-refractivity contribution in [3.63, 3.8) is 0 Å². The Morgan fingerprint density at radius 3 is 2.46 bits per heavy atom. The molecular formula is C10H20O3. The number of esters is 1. The van der Waals surface area contributed by atoms with E-state index >= 15 is 0 Å². The Labute approximate surface area is 80.1 Å². The maximum atomic E-state index is 11.0. The summed E-state index contributed by atoms with van der Waals surface area (Å²) in [5, 5.41) is 9.44. The second-order valence-electron chi connectivity index (χ2n) is 4.07. The van der Waals surface area contributed by atoms with E-state index in [1.54, 1.807) is 20.8 Å². The predicted molar refractivity (Wildman–Crippen MR) is 51.4 cm³/mol. The van der Waals surface area contributed by atoms with E-state index in [1.165, 1.54) is 0 Å². The van der Waals surface area contributed by atoms with Crippen LogP contribution in [0.2, 0.25) is 0 Å². The molecule has 0 saturated carbocycles. The van der Waals surface area contributed by atoms with Gasteiger partial charge in [0.25, 0.3) is 0 Å². The molecule has 1 atom stereocenters. The monoisotopic (exact) mass is 188 g/mol. The van der Waals surface area contributed by atoms with Crippen molar-refractivity contribution in [3.8, 4) is 0 Å². The summed E-state index contributed by atoms with van der Waals surface area (Å²) in [6.45, 7) is 7.14. The van der Waals surface area contributed by atoms with Gasteiger partial charge in [0.2, 0.25) is 0 Å². The van der Waals surface area contributed by atoms with Gasteiger partial charge in [-0.2, -0.15) is 0 Å². The summed E-state index contributed by atoms with van der Waals surface area (Å²) in [5.41, 5.74) is -0.772. The van der Waals surface area contributed by atoms with Crippen LogP contribution in [0.15, 0.2) is 0 Å². The fraction of sp³-hybridized carbons (Fsp3) is 0.900. The molecule has 0 fully saturated rings. The van der Waals surface area contributed by atoms with Crippen molar-refractivity contribution in [2.24, 2.45) is 0 Å². The molecule has 0 aliphatic rings. The molecule has 78 valence electrons. The van der Waals surface area contributed by atoms with Crippen LogP contribution < -0.4 is 0 Å². The van der Waals surface area contributed by atoms with Crippen molar-refractivity contribution in [2.75, 3.05) is 0 Å². The van der Waals surface area contributed by atoms with E-state index in [0.29, 0.717) is 12.8 Å². The highest BCUT2D eigenvalue weighted by Crippen LogP contribution is 2.13. The van der Waals surface area contributed by atoms with E-state index in [0.717, 1.165) is 6.42 Å². The molecule has 0 rings (SSSR count). The average molecular weight is 188 g/mol. The van der Waals surface area contributed by atoms with Crippen LogP contribution >= 0.6 is 0 Å². The first-order valence-electron chi connectivity index (χ1n) is 4.77. The molecule has 0 amide bonds. The van der Waals surface area contributed by atoms with E-state index in [-0.39, 0.29) is 12.1 Å². The average Bonchev–Trinajstić information content (AvgIpc) is 1.81. The molecule has 3 heteroatoms. The highest BCUT2D eigenvalue weighted by Gasteiger charge is 2.19. The Morgan fingerprint density at radius 2 is 2.08 bits per heavy atom. The lowest BCUT2D eigenvalue weighted by molar-refractivity contribution is -0.150. The number of hydrogen-bond donors (Lipinski definition) is 1. The second-order valence-corrected chi connectivity index (χ2v) is 4.07. The van der Waals surface area contributed by atoms with Gasteiger partial charge in [0.15, 0.2) is 0 Å². The third kappa shape index (κ3) is 7.78. The van der Waals surface area contributed by atoms with Gasteiger partial charge in [0, 0.05) is 12.8 Å². The molecule has 0 aromatic carbocycles. The second kappa shape index (κ2) is 5.22. The smallest absolute Gasteiger partial charge is 0.306 e. The van der Waals surface area contributed by atoms with Gasteiger partial charge in [-0.1, -0.05) is 6.92 Å². The molecule has 0 spiro atoms. The van der Waals surface area contributed by atoms with Crippen LogP contribution in [0.25, 0.3) is 0 Å².